The van der Waals surface area contributed by atoms with Gasteiger partial charge in [-0.05, 0) is 38.4 Å². The van der Waals surface area contributed by atoms with Gasteiger partial charge >= 0.3 is 0 Å². The van der Waals surface area contributed by atoms with E-state index in [0.29, 0.717) is 17.6 Å². The van der Waals surface area contributed by atoms with Crippen molar-refractivity contribution in [1.29, 1.82) is 0 Å². The summed E-state index contributed by atoms with van der Waals surface area (Å²) in [6.45, 7) is 3.90. The number of nitrogens with zero attached hydrogens (tertiary/aromatic N) is 3. The molecule has 2 aromatic heterocycles. The van der Waals surface area contributed by atoms with Crippen LogP contribution in [0.5, 0.6) is 0 Å². The van der Waals surface area contributed by atoms with Crippen LogP contribution < -0.4 is 16.4 Å². The normalized spacial score (nSPS) is 21.0. The predicted octanol–water partition coefficient (Wildman–Crippen LogP) is 1.63. The summed E-state index contributed by atoms with van der Waals surface area (Å²) >= 11 is 0. The first-order valence-corrected chi connectivity index (χ1v) is 7.13. The van der Waals surface area contributed by atoms with Gasteiger partial charge < -0.3 is 16.4 Å². The first-order valence-electron chi connectivity index (χ1n) is 7.13. The Kier molecular flexibility index (Phi) is 3.56. The van der Waals surface area contributed by atoms with Gasteiger partial charge in [0, 0.05) is 5.69 Å². The van der Waals surface area contributed by atoms with E-state index in [4.69, 9.17) is 5.73 Å². The second kappa shape index (κ2) is 5.28. The molecule has 1 unspecified atom stereocenters. The lowest BCUT2D eigenvalue weighted by atomic mass is 10.0. The lowest BCUT2D eigenvalue weighted by molar-refractivity contribution is -0.0323. The summed E-state index contributed by atoms with van der Waals surface area (Å²) in [5, 5.41) is 6.05. The maximum Gasteiger partial charge on any atom is 0.280 e. The van der Waals surface area contributed by atoms with Gasteiger partial charge in [-0.15, -0.1) is 0 Å². The number of anilines is 2. The first kappa shape index (κ1) is 14.8. The Bertz CT molecular complexity index is 718. The third kappa shape index (κ3) is 2.66. The van der Waals surface area contributed by atoms with Gasteiger partial charge in [0.1, 0.15) is 5.82 Å². The molecule has 22 heavy (non-hydrogen) atoms. The molecule has 3 rings (SSSR count). The van der Waals surface area contributed by atoms with Crippen molar-refractivity contribution in [1.82, 2.24) is 20.3 Å². The topological polar surface area (TPSA) is 88.8 Å². The molecule has 1 saturated heterocycles. The zero-order valence-corrected chi connectivity index (χ0v) is 12.5. The van der Waals surface area contributed by atoms with E-state index in [1.807, 2.05) is 19.9 Å². The SMILES string of the molecule is Cc1cc(C)c2c(N)nc(NC3CCNCC3(F)F)nc2n1. The van der Waals surface area contributed by atoms with Crippen LogP contribution in [0.2, 0.25) is 0 Å². The molecular formula is C14H18F2N6. The number of fused-ring (bicyclic) bond motifs is 1. The van der Waals surface area contributed by atoms with Crippen LogP contribution in [0.1, 0.15) is 17.7 Å². The number of rotatable bonds is 2. The highest BCUT2D eigenvalue weighted by molar-refractivity contribution is 5.89. The fourth-order valence-electron chi connectivity index (χ4n) is 2.74. The summed E-state index contributed by atoms with van der Waals surface area (Å²) in [5.41, 5.74) is 8.08. The molecule has 0 spiro atoms. The highest BCUT2D eigenvalue weighted by atomic mass is 19.3. The van der Waals surface area contributed by atoms with E-state index in [0.717, 1.165) is 11.3 Å². The first-order chi connectivity index (χ1) is 10.4. The summed E-state index contributed by atoms with van der Waals surface area (Å²) in [6, 6.07) is 0.868. The van der Waals surface area contributed by atoms with Crippen LogP contribution in [0.4, 0.5) is 20.5 Å². The summed E-state index contributed by atoms with van der Waals surface area (Å²) < 4.78 is 27.7. The molecule has 1 atom stereocenters. The van der Waals surface area contributed by atoms with Crippen LogP contribution in [0.3, 0.4) is 0 Å². The standard InChI is InChI=1S/C14H18F2N6/c1-7-5-8(2)19-12-10(7)11(17)21-13(22-12)20-9-3-4-18-6-14(9,15)16/h5,9,18H,3-4,6H2,1-2H3,(H3,17,19,20,21,22). The van der Waals surface area contributed by atoms with E-state index in [-0.39, 0.29) is 24.7 Å². The average Bonchev–Trinajstić information content (AvgIpc) is 2.39. The van der Waals surface area contributed by atoms with Gasteiger partial charge in [0.25, 0.3) is 5.92 Å². The van der Waals surface area contributed by atoms with Crippen LogP contribution >= 0.6 is 0 Å². The number of alkyl halides is 2. The van der Waals surface area contributed by atoms with Crippen LogP contribution in [0.15, 0.2) is 6.07 Å². The van der Waals surface area contributed by atoms with Crippen molar-refractivity contribution < 1.29 is 8.78 Å². The minimum atomic E-state index is -2.86. The monoisotopic (exact) mass is 308 g/mol. The van der Waals surface area contributed by atoms with E-state index < -0.39 is 12.0 Å². The number of hydrogen-bond donors (Lipinski definition) is 3. The van der Waals surface area contributed by atoms with E-state index in [1.165, 1.54) is 0 Å². The maximum absolute atomic E-state index is 13.9. The molecule has 0 amide bonds. The third-order valence-corrected chi connectivity index (χ3v) is 3.80. The second-order valence-corrected chi connectivity index (χ2v) is 5.64. The van der Waals surface area contributed by atoms with E-state index >= 15 is 0 Å². The zero-order valence-electron chi connectivity index (χ0n) is 12.5. The fraction of sp³-hybridized carbons (Fsp3) is 0.500. The molecule has 0 aromatic carbocycles. The number of aryl methyl sites for hydroxylation is 2. The van der Waals surface area contributed by atoms with E-state index in [9.17, 15) is 8.78 Å². The molecule has 2 aromatic rings. The molecule has 118 valence electrons. The smallest absolute Gasteiger partial charge is 0.280 e. The van der Waals surface area contributed by atoms with Crippen molar-refractivity contribution in [2.24, 2.45) is 0 Å². The van der Waals surface area contributed by atoms with Crippen molar-refractivity contribution in [3.05, 3.63) is 17.3 Å². The van der Waals surface area contributed by atoms with Gasteiger partial charge in [-0.25, -0.2) is 13.8 Å². The second-order valence-electron chi connectivity index (χ2n) is 5.64. The Morgan fingerprint density at radius 3 is 2.82 bits per heavy atom. The number of nitrogen functional groups attached to an aromatic ring is 1. The van der Waals surface area contributed by atoms with Gasteiger partial charge in [-0.2, -0.15) is 9.97 Å². The Morgan fingerprint density at radius 2 is 2.09 bits per heavy atom. The number of pyridine rings is 1. The predicted molar refractivity (Wildman–Crippen MR) is 81.1 cm³/mol. The molecule has 3 heterocycles. The minimum Gasteiger partial charge on any atom is -0.383 e. The summed E-state index contributed by atoms with van der Waals surface area (Å²) in [7, 11) is 0. The number of piperidine rings is 1. The maximum atomic E-state index is 13.9. The quantitative estimate of drug-likeness (QED) is 0.781. The Morgan fingerprint density at radius 1 is 1.32 bits per heavy atom. The van der Waals surface area contributed by atoms with Crippen molar-refractivity contribution in [2.45, 2.75) is 32.2 Å². The van der Waals surface area contributed by atoms with Crippen molar-refractivity contribution >= 4 is 22.8 Å². The van der Waals surface area contributed by atoms with E-state index in [1.54, 1.807) is 0 Å². The van der Waals surface area contributed by atoms with Gasteiger partial charge in [0.2, 0.25) is 5.95 Å². The average molecular weight is 308 g/mol. The van der Waals surface area contributed by atoms with Crippen LogP contribution in [-0.4, -0.2) is 40.0 Å². The van der Waals surface area contributed by atoms with Crippen molar-refractivity contribution in [2.75, 3.05) is 24.1 Å². The molecule has 6 nitrogen and oxygen atoms in total. The molecule has 8 heteroatoms. The van der Waals surface area contributed by atoms with Crippen molar-refractivity contribution in [3.8, 4) is 0 Å². The van der Waals surface area contributed by atoms with Gasteiger partial charge in [0.15, 0.2) is 5.65 Å². The largest absolute Gasteiger partial charge is 0.383 e. The number of hydrogen-bond acceptors (Lipinski definition) is 6. The Labute approximate surface area is 126 Å². The highest BCUT2D eigenvalue weighted by Gasteiger charge is 2.42. The Hall–Kier alpha value is -2.09. The molecule has 1 aliphatic heterocycles. The van der Waals surface area contributed by atoms with Gasteiger partial charge in [-0.1, -0.05) is 0 Å². The van der Waals surface area contributed by atoms with E-state index in [2.05, 4.69) is 25.6 Å². The summed E-state index contributed by atoms with van der Waals surface area (Å²) in [5.74, 6) is -2.52. The van der Waals surface area contributed by atoms with Gasteiger partial charge in [0.05, 0.1) is 18.0 Å². The molecule has 4 N–H and O–H groups in total. The number of aromatic nitrogens is 3. The highest BCUT2D eigenvalue weighted by Crippen LogP contribution is 2.27. The molecule has 0 radical (unpaired) electrons. The lowest BCUT2D eigenvalue weighted by Crippen LogP contribution is -2.53. The molecule has 0 bridgehead atoms. The molecule has 0 aliphatic carbocycles. The molecular weight excluding hydrogens is 290 g/mol. The summed E-state index contributed by atoms with van der Waals surface area (Å²) in [4.78, 5) is 12.7. The number of nitrogens with two attached hydrogens (primary N) is 1. The molecule has 1 fully saturated rings. The number of nitrogens with one attached hydrogen (secondary N) is 2. The van der Waals surface area contributed by atoms with Crippen LogP contribution in [0, 0.1) is 13.8 Å². The number of halogens is 2. The van der Waals surface area contributed by atoms with Crippen molar-refractivity contribution in [3.63, 3.8) is 0 Å². The van der Waals surface area contributed by atoms with Crippen LogP contribution in [0.25, 0.3) is 11.0 Å². The minimum absolute atomic E-state index is 0.0917. The third-order valence-electron chi connectivity index (χ3n) is 3.80. The summed E-state index contributed by atoms with van der Waals surface area (Å²) in [6.07, 6.45) is 0.286. The van der Waals surface area contributed by atoms with Gasteiger partial charge in [-0.3, -0.25) is 0 Å². The van der Waals surface area contributed by atoms with Crippen LogP contribution in [-0.2, 0) is 0 Å². The molecule has 0 saturated carbocycles. The Balaban J connectivity index is 1.98. The lowest BCUT2D eigenvalue weighted by Gasteiger charge is -2.32. The molecule has 1 aliphatic rings. The zero-order chi connectivity index (χ0) is 15.9. The fourth-order valence-corrected chi connectivity index (χ4v) is 2.74.